The number of aromatic nitrogens is 1. The summed E-state index contributed by atoms with van der Waals surface area (Å²) in [6.45, 7) is 2.34. The maximum atomic E-state index is 12.7. The van der Waals surface area contributed by atoms with Gasteiger partial charge in [0.2, 0.25) is 0 Å². The second-order valence-electron chi connectivity index (χ2n) is 5.49. The Labute approximate surface area is 153 Å². The van der Waals surface area contributed by atoms with Crippen molar-refractivity contribution in [1.82, 2.24) is 9.88 Å². The number of anilines is 1. The fourth-order valence-corrected chi connectivity index (χ4v) is 3.50. The zero-order valence-corrected chi connectivity index (χ0v) is 14.8. The fourth-order valence-electron chi connectivity index (χ4n) is 2.74. The van der Waals surface area contributed by atoms with Gasteiger partial charge in [-0.05, 0) is 42.1 Å². The molecule has 0 saturated carbocycles. The van der Waals surface area contributed by atoms with Gasteiger partial charge >= 0.3 is 0 Å². The highest BCUT2D eigenvalue weighted by atomic mass is 35.5. The van der Waals surface area contributed by atoms with E-state index < -0.39 is 5.76 Å². The number of halogens is 3. The molecule has 1 amide bonds. The Morgan fingerprint density at radius 3 is 2.60 bits per heavy atom. The number of alkyl halides is 2. The highest BCUT2D eigenvalue weighted by Gasteiger charge is 2.25. The minimum atomic E-state index is -2.61. The van der Waals surface area contributed by atoms with Crippen LogP contribution in [0.1, 0.15) is 10.4 Å². The standard InChI is InChI=1S/C17H16ClF2N3OS/c18-12-3-1-4-13(11-12)22-7-9-23(10-8-22)16(24)14-5-2-6-21-15(14)25-17(19)20/h1-6,11,17H,7-10H2. The molecule has 25 heavy (non-hydrogen) atoms. The lowest BCUT2D eigenvalue weighted by Gasteiger charge is -2.36. The molecule has 1 fully saturated rings. The van der Waals surface area contributed by atoms with Crippen molar-refractivity contribution in [3.8, 4) is 0 Å². The maximum Gasteiger partial charge on any atom is 0.290 e. The van der Waals surface area contributed by atoms with E-state index in [2.05, 4.69) is 9.88 Å². The Morgan fingerprint density at radius 1 is 1.16 bits per heavy atom. The molecule has 2 aromatic rings. The molecule has 132 valence electrons. The topological polar surface area (TPSA) is 36.4 Å². The summed E-state index contributed by atoms with van der Waals surface area (Å²) >= 11 is 6.32. The lowest BCUT2D eigenvalue weighted by molar-refractivity contribution is 0.0742. The number of rotatable bonds is 4. The molecule has 0 bridgehead atoms. The van der Waals surface area contributed by atoms with E-state index in [1.165, 1.54) is 6.20 Å². The molecule has 3 rings (SSSR count). The van der Waals surface area contributed by atoms with Crippen LogP contribution in [0.5, 0.6) is 0 Å². The lowest BCUT2D eigenvalue weighted by atomic mass is 10.2. The van der Waals surface area contributed by atoms with Gasteiger partial charge in [-0.25, -0.2) is 4.98 Å². The van der Waals surface area contributed by atoms with Crippen LogP contribution in [0.2, 0.25) is 5.02 Å². The van der Waals surface area contributed by atoms with Crippen molar-refractivity contribution in [2.75, 3.05) is 31.1 Å². The van der Waals surface area contributed by atoms with E-state index in [1.807, 2.05) is 24.3 Å². The van der Waals surface area contributed by atoms with Crippen molar-refractivity contribution in [2.45, 2.75) is 10.8 Å². The van der Waals surface area contributed by atoms with E-state index in [9.17, 15) is 13.6 Å². The minimum Gasteiger partial charge on any atom is -0.368 e. The summed E-state index contributed by atoms with van der Waals surface area (Å²) < 4.78 is 25.3. The molecule has 1 saturated heterocycles. The molecule has 0 atom stereocenters. The maximum absolute atomic E-state index is 12.7. The zero-order chi connectivity index (χ0) is 17.8. The molecular formula is C17H16ClF2N3OS. The quantitative estimate of drug-likeness (QED) is 0.747. The fraction of sp³-hybridized carbons (Fsp3) is 0.294. The highest BCUT2D eigenvalue weighted by Crippen LogP contribution is 2.28. The number of amides is 1. The van der Waals surface area contributed by atoms with Gasteiger partial charge < -0.3 is 9.80 Å². The van der Waals surface area contributed by atoms with Crippen LogP contribution in [0.25, 0.3) is 0 Å². The summed E-state index contributed by atoms with van der Waals surface area (Å²) in [5, 5.41) is 0.736. The molecule has 1 aliphatic heterocycles. The molecule has 1 aromatic heterocycles. The first-order valence-electron chi connectivity index (χ1n) is 7.74. The molecule has 0 spiro atoms. The number of nitrogens with zero attached hydrogens (tertiary/aromatic N) is 3. The van der Waals surface area contributed by atoms with Crippen molar-refractivity contribution in [3.63, 3.8) is 0 Å². The van der Waals surface area contributed by atoms with E-state index >= 15 is 0 Å². The lowest BCUT2D eigenvalue weighted by Crippen LogP contribution is -2.49. The number of pyridine rings is 1. The van der Waals surface area contributed by atoms with Crippen molar-refractivity contribution in [2.24, 2.45) is 0 Å². The summed E-state index contributed by atoms with van der Waals surface area (Å²) in [6, 6.07) is 10.7. The number of carbonyl (C=O) groups excluding carboxylic acids is 1. The monoisotopic (exact) mass is 383 g/mol. The molecule has 0 aliphatic carbocycles. The third-order valence-electron chi connectivity index (χ3n) is 3.94. The van der Waals surface area contributed by atoms with Gasteiger partial charge in [-0.1, -0.05) is 17.7 Å². The van der Waals surface area contributed by atoms with Gasteiger partial charge in [0, 0.05) is 43.1 Å². The van der Waals surface area contributed by atoms with Crippen LogP contribution in [-0.2, 0) is 0 Å². The first-order chi connectivity index (χ1) is 12.0. The van der Waals surface area contributed by atoms with E-state index in [0.717, 1.165) is 5.69 Å². The number of hydrogen-bond acceptors (Lipinski definition) is 4. The largest absolute Gasteiger partial charge is 0.368 e. The van der Waals surface area contributed by atoms with Gasteiger partial charge in [0.15, 0.2) is 0 Å². The molecule has 4 nitrogen and oxygen atoms in total. The van der Waals surface area contributed by atoms with Gasteiger partial charge in [-0.2, -0.15) is 8.78 Å². The smallest absolute Gasteiger partial charge is 0.290 e. The number of carbonyl (C=O) groups is 1. The van der Waals surface area contributed by atoms with E-state index in [0.29, 0.717) is 43.0 Å². The number of benzene rings is 1. The molecule has 0 radical (unpaired) electrons. The van der Waals surface area contributed by atoms with Crippen LogP contribution in [0.3, 0.4) is 0 Å². The number of piperazine rings is 1. The minimum absolute atomic E-state index is 0.0692. The predicted molar refractivity (Wildman–Crippen MR) is 95.7 cm³/mol. The van der Waals surface area contributed by atoms with Crippen molar-refractivity contribution >= 4 is 35.0 Å². The van der Waals surface area contributed by atoms with Crippen LogP contribution < -0.4 is 4.90 Å². The third-order valence-corrected chi connectivity index (χ3v) is 4.90. The number of hydrogen-bond donors (Lipinski definition) is 0. The second kappa shape index (κ2) is 8.01. The van der Waals surface area contributed by atoms with Crippen LogP contribution in [0.4, 0.5) is 14.5 Å². The summed E-state index contributed by atoms with van der Waals surface area (Å²) in [7, 11) is 0. The summed E-state index contributed by atoms with van der Waals surface area (Å²) in [6.07, 6.45) is 1.42. The predicted octanol–water partition coefficient (Wildman–Crippen LogP) is 4.01. The van der Waals surface area contributed by atoms with E-state index in [-0.39, 0.29) is 16.5 Å². The Hall–Kier alpha value is -1.86. The molecule has 0 unspecified atom stereocenters. The Bertz CT molecular complexity index is 754. The van der Waals surface area contributed by atoms with Crippen LogP contribution in [0.15, 0.2) is 47.6 Å². The van der Waals surface area contributed by atoms with Gasteiger partial charge in [0.05, 0.1) is 5.56 Å². The SMILES string of the molecule is O=C(c1cccnc1SC(F)F)N1CCN(c2cccc(Cl)c2)CC1. The van der Waals surface area contributed by atoms with Crippen LogP contribution >= 0.6 is 23.4 Å². The molecule has 0 N–H and O–H groups in total. The Kier molecular flexibility index (Phi) is 5.75. The normalized spacial score (nSPS) is 14.9. The third kappa shape index (κ3) is 4.41. The molecule has 1 aromatic carbocycles. The molecule has 8 heteroatoms. The molecule has 2 heterocycles. The molecule has 1 aliphatic rings. The summed E-state index contributed by atoms with van der Waals surface area (Å²) in [4.78, 5) is 20.4. The van der Waals surface area contributed by atoms with Gasteiger partial charge in [-0.15, -0.1) is 0 Å². The van der Waals surface area contributed by atoms with Gasteiger partial charge in [-0.3, -0.25) is 4.79 Å². The Balaban J connectivity index is 1.68. The summed E-state index contributed by atoms with van der Waals surface area (Å²) in [5.41, 5.74) is 1.24. The highest BCUT2D eigenvalue weighted by molar-refractivity contribution is 7.99. The van der Waals surface area contributed by atoms with Crippen LogP contribution in [0, 0.1) is 0 Å². The molecular weight excluding hydrogens is 368 g/mol. The Morgan fingerprint density at radius 2 is 1.92 bits per heavy atom. The first kappa shape index (κ1) is 17.9. The average Bonchev–Trinajstić information content (AvgIpc) is 2.61. The van der Waals surface area contributed by atoms with E-state index in [4.69, 9.17) is 11.6 Å². The number of thioether (sulfide) groups is 1. The van der Waals surface area contributed by atoms with Crippen LogP contribution in [-0.4, -0.2) is 47.7 Å². The zero-order valence-electron chi connectivity index (χ0n) is 13.2. The second-order valence-corrected chi connectivity index (χ2v) is 6.91. The van der Waals surface area contributed by atoms with Crippen molar-refractivity contribution in [1.29, 1.82) is 0 Å². The first-order valence-corrected chi connectivity index (χ1v) is 9.00. The summed E-state index contributed by atoms with van der Waals surface area (Å²) in [5.74, 6) is -2.87. The van der Waals surface area contributed by atoms with Crippen molar-refractivity contribution in [3.05, 3.63) is 53.2 Å². The van der Waals surface area contributed by atoms with Crippen molar-refractivity contribution < 1.29 is 13.6 Å². The van der Waals surface area contributed by atoms with Gasteiger partial charge in [0.25, 0.3) is 11.7 Å². The van der Waals surface area contributed by atoms with Gasteiger partial charge in [0.1, 0.15) is 5.03 Å². The van der Waals surface area contributed by atoms with E-state index in [1.54, 1.807) is 17.0 Å². The average molecular weight is 384 g/mol.